The van der Waals surface area contributed by atoms with E-state index in [1.807, 2.05) is 0 Å². The Hall–Kier alpha value is -1.14. The average Bonchev–Trinajstić information content (AvgIpc) is 2.77. The van der Waals surface area contributed by atoms with Crippen molar-refractivity contribution in [2.24, 2.45) is 0 Å². The number of nitrogens with zero attached hydrogens (tertiary/aromatic N) is 2. The number of carbonyl (C=O) groups is 1. The number of aromatic nitrogens is 1. The Labute approximate surface area is 104 Å². The Balaban J connectivity index is 2.00. The lowest BCUT2D eigenvalue weighted by atomic mass is 10.1. The third-order valence-electron chi connectivity index (χ3n) is 3.06. The number of thiazole rings is 1. The average molecular weight is 255 g/mol. The van der Waals surface area contributed by atoms with Crippen molar-refractivity contribution in [3.8, 4) is 0 Å². The lowest BCUT2D eigenvalue weighted by Gasteiger charge is -2.32. The van der Waals surface area contributed by atoms with Gasteiger partial charge in [-0.2, -0.15) is 0 Å². The van der Waals surface area contributed by atoms with Gasteiger partial charge in [-0.1, -0.05) is 6.92 Å². The summed E-state index contributed by atoms with van der Waals surface area (Å²) in [5.41, 5.74) is 1.72. The highest BCUT2D eigenvalue weighted by molar-refractivity contribution is 7.14. The SMILES string of the molecule is CCN1CCCC(Nc2scnc2C(=O)O)C1. The van der Waals surface area contributed by atoms with Gasteiger partial charge in [-0.05, 0) is 25.9 Å². The maximum absolute atomic E-state index is 10.9. The van der Waals surface area contributed by atoms with Gasteiger partial charge >= 0.3 is 5.97 Å². The summed E-state index contributed by atoms with van der Waals surface area (Å²) in [6, 6.07) is 0.335. The molecular formula is C11H17N3O2S. The van der Waals surface area contributed by atoms with E-state index in [1.165, 1.54) is 11.3 Å². The topological polar surface area (TPSA) is 65.5 Å². The Bertz CT molecular complexity index is 394. The maximum atomic E-state index is 10.9. The number of hydrogen-bond donors (Lipinski definition) is 2. The van der Waals surface area contributed by atoms with Crippen LogP contribution in [0.25, 0.3) is 0 Å². The third-order valence-corrected chi connectivity index (χ3v) is 3.82. The molecule has 1 aliphatic heterocycles. The summed E-state index contributed by atoms with van der Waals surface area (Å²) in [7, 11) is 0. The van der Waals surface area contributed by atoms with Gasteiger partial charge in [-0.25, -0.2) is 9.78 Å². The van der Waals surface area contributed by atoms with Gasteiger partial charge in [-0.15, -0.1) is 11.3 Å². The second kappa shape index (κ2) is 5.46. The fraction of sp³-hybridized carbons (Fsp3) is 0.636. The van der Waals surface area contributed by atoms with E-state index in [1.54, 1.807) is 5.51 Å². The number of likely N-dealkylation sites (N-methyl/N-ethyl adjacent to an activating group) is 1. The summed E-state index contributed by atoms with van der Waals surface area (Å²) >= 11 is 1.36. The number of piperidine rings is 1. The van der Waals surface area contributed by atoms with Crippen molar-refractivity contribution < 1.29 is 9.90 Å². The first-order chi connectivity index (χ1) is 8.20. The highest BCUT2D eigenvalue weighted by atomic mass is 32.1. The molecule has 94 valence electrons. The number of nitrogens with one attached hydrogen (secondary N) is 1. The van der Waals surface area contributed by atoms with E-state index in [0.29, 0.717) is 11.0 Å². The molecule has 1 fully saturated rings. The van der Waals surface area contributed by atoms with Gasteiger partial charge in [0.2, 0.25) is 0 Å². The van der Waals surface area contributed by atoms with Crippen molar-refractivity contribution in [3.63, 3.8) is 0 Å². The molecular weight excluding hydrogens is 238 g/mol. The number of carboxylic acids is 1. The number of anilines is 1. The van der Waals surface area contributed by atoms with Crippen LogP contribution in [0.1, 0.15) is 30.3 Å². The van der Waals surface area contributed by atoms with E-state index in [2.05, 4.69) is 22.1 Å². The molecule has 1 aliphatic rings. The molecule has 2 N–H and O–H groups in total. The zero-order valence-corrected chi connectivity index (χ0v) is 10.7. The van der Waals surface area contributed by atoms with Crippen LogP contribution in [0.2, 0.25) is 0 Å². The molecule has 1 saturated heterocycles. The van der Waals surface area contributed by atoms with Crippen LogP contribution in [0.3, 0.4) is 0 Å². The second-order valence-electron chi connectivity index (χ2n) is 4.21. The molecule has 0 radical (unpaired) electrons. The predicted molar refractivity (Wildman–Crippen MR) is 67.8 cm³/mol. The number of rotatable bonds is 4. The van der Waals surface area contributed by atoms with Crippen molar-refractivity contribution >= 4 is 22.3 Å². The number of likely N-dealkylation sites (tertiary alicyclic amines) is 1. The van der Waals surface area contributed by atoms with Gasteiger partial charge in [0.15, 0.2) is 5.69 Å². The highest BCUT2D eigenvalue weighted by Crippen LogP contribution is 2.23. The van der Waals surface area contributed by atoms with Crippen LogP contribution >= 0.6 is 11.3 Å². The summed E-state index contributed by atoms with van der Waals surface area (Å²) in [5.74, 6) is -0.961. The van der Waals surface area contributed by atoms with Crippen molar-refractivity contribution in [1.82, 2.24) is 9.88 Å². The molecule has 1 unspecified atom stereocenters. The Morgan fingerprint density at radius 1 is 1.76 bits per heavy atom. The molecule has 0 aromatic carbocycles. The van der Waals surface area contributed by atoms with Crippen molar-refractivity contribution in [2.75, 3.05) is 25.0 Å². The van der Waals surface area contributed by atoms with E-state index in [-0.39, 0.29) is 5.69 Å². The van der Waals surface area contributed by atoms with Gasteiger partial charge in [0.05, 0.1) is 5.51 Å². The summed E-state index contributed by atoms with van der Waals surface area (Å²) in [5, 5.41) is 13.0. The van der Waals surface area contributed by atoms with Crippen molar-refractivity contribution in [3.05, 3.63) is 11.2 Å². The van der Waals surface area contributed by atoms with E-state index in [4.69, 9.17) is 5.11 Å². The van der Waals surface area contributed by atoms with Crippen LogP contribution in [0.15, 0.2) is 5.51 Å². The molecule has 1 atom stereocenters. The third kappa shape index (κ3) is 2.95. The molecule has 0 saturated carbocycles. The van der Waals surface area contributed by atoms with Crippen molar-refractivity contribution in [2.45, 2.75) is 25.8 Å². The molecule has 2 heterocycles. The zero-order chi connectivity index (χ0) is 12.3. The first kappa shape index (κ1) is 12.3. The first-order valence-corrected chi connectivity index (χ1v) is 6.74. The monoisotopic (exact) mass is 255 g/mol. The molecule has 0 aliphatic carbocycles. The molecule has 0 bridgehead atoms. The van der Waals surface area contributed by atoms with Crippen LogP contribution in [0.4, 0.5) is 5.00 Å². The van der Waals surface area contributed by atoms with Crippen LogP contribution in [0.5, 0.6) is 0 Å². The normalized spacial score (nSPS) is 21.4. The predicted octanol–water partition coefficient (Wildman–Crippen LogP) is 1.74. The number of carboxylic acid groups (broad SMARTS) is 1. The van der Waals surface area contributed by atoms with Gasteiger partial charge in [0, 0.05) is 12.6 Å². The molecule has 1 aromatic heterocycles. The summed E-state index contributed by atoms with van der Waals surface area (Å²) in [4.78, 5) is 17.2. The zero-order valence-electron chi connectivity index (χ0n) is 9.85. The minimum atomic E-state index is -0.961. The molecule has 0 amide bonds. The van der Waals surface area contributed by atoms with Gasteiger partial charge in [0.1, 0.15) is 5.00 Å². The van der Waals surface area contributed by atoms with E-state index in [0.717, 1.165) is 32.5 Å². The first-order valence-electron chi connectivity index (χ1n) is 5.86. The molecule has 5 nitrogen and oxygen atoms in total. The molecule has 2 rings (SSSR count). The smallest absolute Gasteiger partial charge is 0.357 e. The maximum Gasteiger partial charge on any atom is 0.357 e. The standard InChI is InChI=1S/C11H17N3O2S/c1-2-14-5-3-4-8(6-14)13-10-9(11(15)16)12-7-17-10/h7-8,13H,2-6H2,1H3,(H,15,16). The summed E-state index contributed by atoms with van der Waals surface area (Å²) in [6.45, 7) is 5.32. The molecule has 1 aromatic rings. The van der Waals surface area contributed by atoms with Gasteiger partial charge < -0.3 is 15.3 Å². The Morgan fingerprint density at radius 2 is 2.59 bits per heavy atom. The van der Waals surface area contributed by atoms with E-state index >= 15 is 0 Å². The van der Waals surface area contributed by atoms with Gasteiger partial charge in [-0.3, -0.25) is 0 Å². The lowest BCUT2D eigenvalue weighted by Crippen LogP contribution is -2.41. The van der Waals surface area contributed by atoms with E-state index < -0.39 is 5.97 Å². The number of hydrogen-bond acceptors (Lipinski definition) is 5. The van der Waals surface area contributed by atoms with E-state index in [9.17, 15) is 4.79 Å². The minimum Gasteiger partial charge on any atom is -0.476 e. The summed E-state index contributed by atoms with van der Waals surface area (Å²) in [6.07, 6.45) is 2.25. The fourth-order valence-corrected chi connectivity index (χ4v) is 2.90. The fourth-order valence-electron chi connectivity index (χ4n) is 2.15. The van der Waals surface area contributed by atoms with Crippen LogP contribution in [0, 0.1) is 0 Å². The largest absolute Gasteiger partial charge is 0.476 e. The second-order valence-corrected chi connectivity index (χ2v) is 5.07. The number of aromatic carboxylic acids is 1. The van der Waals surface area contributed by atoms with Crippen LogP contribution in [-0.2, 0) is 0 Å². The quantitative estimate of drug-likeness (QED) is 0.858. The molecule has 17 heavy (non-hydrogen) atoms. The van der Waals surface area contributed by atoms with Gasteiger partial charge in [0.25, 0.3) is 0 Å². The highest BCUT2D eigenvalue weighted by Gasteiger charge is 2.21. The summed E-state index contributed by atoms with van der Waals surface area (Å²) < 4.78 is 0. The molecule has 0 spiro atoms. The lowest BCUT2D eigenvalue weighted by molar-refractivity contribution is 0.0692. The van der Waals surface area contributed by atoms with Crippen LogP contribution < -0.4 is 5.32 Å². The van der Waals surface area contributed by atoms with Crippen molar-refractivity contribution in [1.29, 1.82) is 0 Å². The Morgan fingerprint density at radius 3 is 3.29 bits per heavy atom. The molecule has 6 heteroatoms. The minimum absolute atomic E-state index is 0.142. The Kier molecular flexibility index (Phi) is 3.96. The van der Waals surface area contributed by atoms with Crippen LogP contribution in [-0.4, -0.2) is 46.6 Å².